The monoisotopic (exact) mass is 287 g/mol. The highest BCUT2D eigenvalue weighted by molar-refractivity contribution is 5.35. The highest BCUT2D eigenvalue weighted by Crippen LogP contribution is 2.28. The normalized spacial score (nSPS) is 23.6. The SMILES string of the molecule is CNC(CCC1CCCCO1)c1ccc2c(c1)CCCC2. The Morgan fingerprint density at radius 2 is 2.00 bits per heavy atom. The molecule has 1 fully saturated rings. The Balaban J connectivity index is 1.62. The first-order valence-corrected chi connectivity index (χ1v) is 8.77. The summed E-state index contributed by atoms with van der Waals surface area (Å²) in [6, 6.07) is 7.64. The van der Waals surface area contributed by atoms with Crippen LogP contribution in [0.3, 0.4) is 0 Å². The molecular formula is C19H29NO. The summed E-state index contributed by atoms with van der Waals surface area (Å²) in [6.45, 7) is 0.966. The van der Waals surface area contributed by atoms with E-state index in [1.54, 1.807) is 11.1 Å². The van der Waals surface area contributed by atoms with Crippen LogP contribution < -0.4 is 5.32 Å². The number of fused-ring (bicyclic) bond motifs is 1. The van der Waals surface area contributed by atoms with Gasteiger partial charge in [-0.05, 0) is 81.5 Å². The van der Waals surface area contributed by atoms with Gasteiger partial charge in [-0.3, -0.25) is 0 Å². The first-order chi connectivity index (χ1) is 10.4. The van der Waals surface area contributed by atoms with E-state index in [0.29, 0.717) is 12.1 Å². The molecule has 1 aliphatic carbocycles. The summed E-state index contributed by atoms with van der Waals surface area (Å²) in [4.78, 5) is 0. The maximum absolute atomic E-state index is 5.87. The molecule has 21 heavy (non-hydrogen) atoms. The molecule has 1 aromatic rings. The standard InChI is InChI=1S/C19H29NO/c1-20-19(12-11-18-8-4-5-13-21-18)17-10-9-15-6-2-3-7-16(15)14-17/h9-10,14,18-20H,2-8,11-13H2,1H3. The zero-order valence-corrected chi connectivity index (χ0v) is 13.4. The average molecular weight is 287 g/mol. The molecule has 2 aliphatic rings. The van der Waals surface area contributed by atoms with Crippen LogP contribution in [0.15, 0.2) is 18.2 Å². The van der Waals surface area contributed by atoms with Crippen molar-refractivity contribution in [3.63, 3.8) is 0 Å². The molecule has 2 heteroatoms. The fourth-order valence-electron chi connectivity index (χ4n) is 3.84. The Kier molecular flexibility index (Phi) is 5.32. The van der Waals surface area contributed by atoms with Crippen LogP contribution in [0, 0.1) is 0 Å². The number of benzene rings is 1. The van der Waals surface area contributed by atoms with Crippen molar-refractivity contribution in [1.82, 2.24) is 5.32 Å². The van der Waals surface area contributed by atoms with Gasteiger partial charge in [-0.25, -0.2) is 0 Å². The van der Waals surface area contributed by atoms with Crippen molar-refractivity contribution in [2.45, 2.75) is 69.9 Å². The molecule has 1 aliphatic heterocycles. The molecule has 0 amide bonds. The second kappa shape index (κ2) is 7.42. The quantitative estimate of drug-likeness (QED) is 0.877. The summed E-state index contributed by atoms with van der Waals surface area (Å²) in [5.41, 5.74) is 4.64. The smallest absolute Gasteiger partial charge is 0.0575 e. The van der Waals surface area contributed by atoms with Crippen molar-refractivity contribution in [1.29, 1.82) is 0 Å². The third-order valence-corrected chi connectivity index (χ3v) is 5.17. The van der Waals surface area contributed by atoms with Gasteiger partial charge in [0.1, 0.15) is 0 Å². The zero-order valence-electron chi connectivity index (χ0n) is 13.4. The van der Waals surface area contributed by atoms with Crippen LogP contribution in [-0.2, 0) is 17.6 Å². The van der Waals surface area contributed by atoms with Crippen molar-refractivity contribution in [3.05, 3.63) is 34.9 Å². The van der Waals surface area contributed by atoms with E-state index in [4.69, 9.17) is 4.74 Å². The number of hydrogen-bond acceptors (Lipinski definition) is 2. The van der Waals surface area contributed by atoms with Crippen LogP contribution in [-0.4, -0.2) is 19.8 Å². The summed E-state index contributed by atoms with van der Waals surface area (Å²) in [7, 11) is 2.09. The summed E-state index contributed by atoms with van der Waals surface area (Å²) in [6.07, 6.45) is 12.0. The Hall–Kier alpha value is -0.860. The van der Waals surface area contributed by atoms with Gasteiger partial charge in [-0.2, -0.15) is 0 Å². The highest BCUT2D eigenvalue weighted by Gasteiger charge is 2.18. The first kappa shape index (κ1) is 15.1. The molecule has 2 nitrogen and oxygen atoms in total. The minimum atomic E-state index is 0.475. The lowest BCUT2D eigenvalue weighted by Gasteiger charge is -2.26. The van der Waals surface area contributed by atoms with Crippen LogP contribution in [0.25, 0.3) is 0 Å². The molecule has 0 radical (unpaired) electrons. The number of aryl methyl sites for hydroxylation is 2. The minimum Gasteiger partial charge on any atom is -0.378 e. The van der Waals surface area contributed by atoms with Gasteiger partial charge in [0.05, 0.1) is 6.10 Å². The third-order valence-electron chi connectivity index (χ3n) is 5.17. The molecule has 1 aromatic carbocycles. The van der Waals surface area contributed by atoms with E-state index >= 15 is 0 Å². The van der Waals surface area contributed by atoms with E-state index in [1.165, 1.54) is 63.4 Å². The fraction of sp³-hybridized carbons (Fsp3) is 0.684. The lowest BCUT2D eigenvalue weighted by molar-refractivity contribution is 0.00866. The summed E-state index contributed by atoms with van der Waals surface area (Å²) < 4.78 is 5.87. The maximum Gasteiger partial charge on any atom is 0.0575 e. The van der Waals surface area contributed by atoms with E-state index in [1.807, 2.05) is 0 Å². The Bertz CT molecular complexity index is 451. The Morgan fingerprint density at radius 3 is 2.76 bits per heavy atom. The Labute approximate surface area is 129 Å². The molecule has 3 rings (SSSR count). The first-order valence-electron chi connectivity index (χ1n) is 8.77. The fourth-order valence-corrected chi connectivity index (χ4v) is 3.84. The molecule has 2 atom stereocenters. The summed E-state index contributed by atoms with van der Waals surface area (Å²) in [5, 5.41) is 3.51. The van der Waals surface area contributed by atoms with Gasteiger partial charge in [0.2, 0.25) is 0 Å². The van der Waals surface area contributed by atoms with Gasteiger partial charge in [-0.1, -0.05) is 18.2 Å². The number of hydrogen-bond donors (Lipinski definition) is 1. The number of ether oxygens (including phenoxy) is 1. The lowest BCUT2D eigenvalue weighted by atomic mass is 9.88. The van der Waals surface area contributed by atoms with E-state index in [2.05, 4.69) is 30.6 Å². The van der Waals surface area contributed by atoms with Gasteiger partial charge < -0.3 is 10.1 Å². The van der Waals surface area contributed by atoms with E-state index < -0.39 is 0 Å². The molecule has 1 N–H and O–H groups in total. The van der Waals surface area contributed by atoms with Gasteiger partial charge >= 0.3 is 0 Å². The lowest BCUT2D eigenvalue weighted by Crippen LogP contribution is -2.23. The second-order valence-corrected chi connectivity index (χ2v) is 6.64. The van der Waals surface area contributed by atoms with Crippen molar-refractivity contribution in [3.8, 4) is 0 Å². The van der Waals surface area contributed by atoms with Gasteiger partial charge in [0, 0.05) is 12.6 Å². The number of nitrogens with one attached hydrogen (secondary N) is 1. The van der Waals surface area contributed by atoms with Crippen molar-refractivity contribution < 1.29 is 4.74 Å². The Morgan fingerprint density at radius 1 is 1.14 bits per heavy atom. The maximum atomic E-state index is 5.87. The summed E-state index contributed by atoms with van der Waals surface area (Å²) >= 11 is 0. The van der Waals surface area contributed by atoms with Crippen molar-refractivity contribution in [2.75, 3.05) is 13.7 Å². The van der Waals surface area contributed by atoms with Crippen molar-refractivity contribution >= 4 is 0 Å². The predicted molar refractivity (Wildman–Crippen MR) is 87.7 cm³/mol. The van der Waals surface area contributed by atoms with Crippen LogP contribution in [0.4, 0.5) is 0 Å². The number of rotatable bonds is 5. The van der Waals surface area contributed by atoms with Crippen LogP contribution in [0.1, 0.15) is 67.7 Å². The van der Waals surface area contributed by atoms with Crippen LogP contribution >= 0.6 is 0 Å². The molecule has 0 spiro atoms. The predicted octanol–water partition coefficient (Wildman–Crippen LogP) is 4.18. The highest BCUT2D eigenvalue weighted by atomic mass is 16.5. The molecule has 1 heterocycles. The molecule has 0 saturated carbocycles. The van der Waals surface area contributed by atoms with Gasteiger partial charge in [0.25, 0.3) is 0 Å². The molecule has 0 bridgehead atoms. The molecule has 116 valence electrons. The third kappa shape index (κ3) is 3.87. The minimum absolute atomic E-state index is 0.475. The largest absolute Gasteiger partial charge is 0.378 e. The summed E-state index contributed by atoms with van der Waals surface area (Å²) in [5.74, 6) is 0. The van der Waals surface area contributed by atoms with E-state index in [9.17, 15) is 0 Å². The molecule has 1 saturated heterocycles. The van der Waals surface area contributed by atoms with Gasteiger partial charge in [-0.15, -0.1) is 0 Å². The molecular weight excluding hydrogens is 258 g/mol. The van der Waals surface area contributed by atoms with Gasteiger partial charge in [0.15, 0.2) is 0 Å². The van der Waals surface area contributed by atoms with Crippen LogP contribution in [0.5, 0.6) is 0 Å². The molecule has 2 unspecified atom stereocenters. The van der Waals surface area contributed by atoms with E-state index in [-0.39, 0.29) is 0 Å². The van der Waals surface area contributed by atoms with E-state index in [0.717, 1.165) is 6.61 Å². The molecule has 0 aromatic heterocycles. The van der Waals surface area contributed by atoms with Crippen LogP contribution in [0.2, 0.25) is 0 Å². The average Bonchev–Trinajstić information content (AvgIpc) is 2.56. The topological polar surface area (TPSA) is 21.3 Å². The zero-order chi connectivity index (χ0) is 14.5. The van der Waals surface area contributed by atoms with Crippen molar-refractivity contribution in [2.24, 2.45) is 0 Å². The second-order valence-electron chi connectivity index (χ2n) is 6.64.